The summed E-state index contributed by atoms with van der Waals surface area (Å²) in [5.41, 5.74) is 0.345. The fourth-order valence-electron chi connectivity index (χ4n) is 3.00. The molecule has 6 heteroatoms. The van der Waals surface area contributed by atoms with Crippen molar-refractivity contribution < 1.29 is 9.90 Å². The molecule has 1 fully saturated rings. The molecule has 1 saturated carbocycles. The van der Waals surface area contributed by atoms with Crippen molar-refractivity contribution in [3.05, 3.63) is 23.5 Å². The number of carbonyl (C=O) groups is 1. The first-order valence-electron chi connectivity index (χ1n) is 7.43. The lowest BCUT2D eigenvalue weighted by Gasteiger charge is -2.38. The number of hydrogen-bond donors (Lipinski definition) is 2. The smallest absolute Gasteiger partial charge is 0.226 e. The van der Waals surface area contributed by atoms with Gasteiger partial charge in [0.1, 0.15) is 0 Å². The fraction of sp³-hybridized carbons (Fsp3) is 0.600. The van der Waals surface area contributed by atoms with E-state index < -0.39 is 5.54 Å². The van der Waals surface area contributed by atoms with Gasteiger partial charge < -0.3 is 10.4 Å². The summed E-state index contributed by atoms with van der Waals surface area (Å²) in [6.07, 6.45) is 7.92. The minimum atomic E-state index is -0.430. The summed E-state index contributed by atoms with van der Waals surface area (Å²) in [7, 11) is 0. The van der Waals surface area contributed by atoms with Crippen molar-refractivity contribution in [1.29, 1.82) is 0 Å². The number of amides is 1. The summed E-state index contributed by atoms with van der Waals surface area (Å²) in [5.74, 6) is 0.630. The Labute approximate surface area is 128 Å². The van der Waals surface area contributed by atoms with Gasteiger partial charge in [-0.05, 0) is 31.6 Å². The van der Waals surface area contributed by atoms with Crippen molar-refractivity contribution in [2.75, 3.05) is 6.61 Å². The third-order valence-electron chi connectivity index (χ3n) is 4.42. The van der Waals surface area contributed by atoms with E-state index >= 15 is 0 Å². The molecule has 0 radical (unpaired) electrons. The Morgan fingerprint density at radius 2 is 2.33 bits per heavy atom. The third kappa shape index (κ3) is 3.11. The molecule has 0 aliphatic heterocycles. The maximum atomic E-state index is 12.3. The second-order valence-electron chi connectivity index (χ2n) is 6.17. The van der Waals surface area contributed by atoms with Crippen LogP contribution in [-0.2, 0) is 11.2 Å². The second kappa shape index (κ2) is 5.77. The highest BCUT2D eigenvalue weighted by Crippen LogP contribution is 2.31. The van der Waals surface area contributed by atoms with Crippen LogP contribution in [0.15, 0.2) is 17.8 Å². The number of rotatable bonds is 4. The maximum absolute atomic E-state index is 12.3. The Hall–Kier alpha value is -1.40. The van der Waals surface area contributed by atoms with Gasteiger partial charge in [0.05, 0.1) is 24.3 Å². The Kier molecular flexibility index (Phi) is 3.99. The zero-order chi connectivity index (χ0) is 14.9. The summed E-state index contributed by atoms with van der Waals surface area (Å²) in [6, 6.07) is 0. The highest BCUT2D eigenvalue weighted by molar-refractivity contribution is 7.15. The van der Waals surface area contributed by atoms with Crippen LogP contribution in [0.2, 0.25) is 0 Å². The van der Waals surface area contributed by atoms with E-state index in [0.29, 0.717) is 5.92 Å². The van der Waals surface area contributed by atoms with E-state index in [2.05, 4.69) is 17.2 Å². The van der Waals surface area contributed by atoms with E-state index in [1.165, 1.54) is 0 Å². The average molecular weight is 307 g/mol. The number of nitrogens with zero attached hydrogens (tertiary/aromatic N) is 2. The molecular weight excluding hydrogens is 286 g/mol. The molecule has 0 atom stereocenters. The van der Waals surface area contributed by atoms with Crippen LogP contribution in [0.1, 0.15) is 38.3 Å². The van der Waals surface area contributed by atoms with Gasteiger partial charge in [0.2, 0.25) is 5.91 Å². The van der Waals surface area contributed by atoms with Gasteiger partial charge in [0.25, 0.3) is 0 Å². The summed E-state index contributed by atoms with van der Waals surface area (Å²) in [5, 5.41) is 14.7. The monoisotopic (exact) mass is 307 g/mol. The molecule has 3 rings (SSSR count). The van der Waals surface area contributed by atoms with Gasteiger partial charge in [-0.3, -0.25) is 9.20 Å². The molecule has 0 unspecified atom stereocenters. The second-order valence-corrected chi connectivity index (χ2v) is 7.04. The van der Waals surface area contributed by atoms with Gasteiger partial charge in [0, 0.05) is 17.8 Å². The van der Waals surface area contributed by atoms with E-state index in [4.69, 9.17) is 0 Å². The number of fused-ring (bicyclic) bond motifs is 1. The molecule has 5 nitrogen and oxygen atoms in total. The van der Waals surface area contributed by atoms with E-state index in [0.717, 1.165) is 36.3 Å². The van der Waals surface area contributed by atoms with E-state index in [1.54, 1.807) is 11.3 Å². The van der Waals surface area contributed by atoms with E-state index in [-0.39, 0.29) is 18.9 Å². The van der Waals surface area contributed by atoms with E-state index in [1.807, 2.05) is 22.2 Å². The molecule has 1 aliphatic rings. The Morgan fingerprint density at radius 1 is 1.57 bits per heavy atom. The molecule has 0 spiro atoms. The normalized spacial score (nSPS) is 26.1. The van der Waals surface area contributed by atoms with Crippen molar-refractivity contribution in [3.8, 4) is 0 Å². The average Bonchev–Trinajstić information content (AvgIpc) is 3.02. The number of imidazole rings is 1. The standard InChI is InChI=1S/C15H21N3O2S/c1-11-2-4-15(10-19,5-3-11)17-13(20)8-12-9-18-6-7-21-14(18)16-12/h6-7,9,11,19H,2-5,8,10H2,1H3,(H,17,20). The molecule has 21 heavy (non-hydrogen) atoms. The zero-order valence-corrected chi connectivity index (χ0v) is 13.0. The largest absolute Gasteiger partial charge is 0.394 e. The van der Waals surface area contributed by atoms with Gasteiger partial charge in [-0.25, -0.2) is 4.98 Å². The SMILES string of the molecule is CC1CCC(CO)(NC(=O)Cc2cn3ccsc3n2)CC1. The molecule has 2 aromatic rings. The number of hydrogen-bond acceptors (Lipinski definition) is 4. The van der Waals surface area contributed by atoms with Crippen LogP contribution in [0.4, 0.5) is 0 Å². The number of aromatic nitrogens is 2. The summed E-state index contributed by atoms with van der Waals surface area (Å²) < 4.78 is 1.93. The molecule has 0 bridgehead atoms. The van der Waals surface area contributed by atoms with Crippen molar-refractivity contribution in [2.45, 2.75) is 44.6 Å². The minimum Gasteiger partial charge on any atom is -0.394 e. The number of nitrogens with one attached hydrogen (secondary N) is 1. The molecule has 0 saturated heterocycles. The quantitative estimate of drug-likeness (QED) is 0.908. The molecular formula is C15H21N3O2S. The maximum Gasteiger partial charge on any atom is 0.226 e. The van der Waals surface area contributed by atoms with Crippen LogP contribution >= 0.6 is 11.3 Å². The highest BCUT2D eigenvalue weighted by atomic mass is 32.1. The molecule has 0 aromatic carbocycles. The first-order chi connectivity index (χ1) is 10.1. The number of aliphatic hydroxyl groups is 1. The van der Waals surface area contributed by atoms with Crippen LogP contribution < -0.4 is 5.32 Å². The van der Waals surface area contributed by atoms with Crippen molar-refractivity contribution in [3.63, 3.8) is 0 Å². The number of carbonyl (C=O) groups excluding carboxylic acids is 1. The number of aliphatic hydroxyl groups excluding tert-OH is 1. The highest BCUT2D eigenvalue weighted by Gasteiger charge is 2.34. The minimum absolute atomic E-state index is 0.0176. The summed E-state index contributed by atoms with van der Waals surface area (Å²) >= 11 is 1.56. The third-order valence-corrected chi connectivity index (χ3v) is 5.19. The molecule has 2 aromatic heterocycles. The topological polar surface area (TPSA) is 66.6 Å². The van der Waals surface area contributed by atoms with Crippen LogP contribution in [0.25, 0.3) is 4.96 Å². The van der Waals surface area contributed by atoms with Crippen LogP contribution in [0.3, 0.4) is 0 Å². The van der Waals surface area contributed by atoms with Crippen LogP contribution in [-0.4, -0.2) is 32.5 Å². The van der Waals surface area contributed by atoms with E-state index in [9.17, 15) is 9.90 Å². The zero-order valence-electron chi connectivity index (χ0n) is 12.2. The summed E-state index contributed by atoms with van der Waals surface area (Å²) in [6.45, 7) is 2.24. The van der Waals surface area contributed by atoms with Gasteiger partial charge in [-0.15, -0.1) is 11.3 Å². The van der Waals surface area contributed by atoms with Crippen molar-refractivity contribution >= 4 is 22.2 Å². The van der Waals surface area contributed by atoms with Gasteiger partial charge in [-0.1, -0.05) is 6.92 Å². The Morgan fingerprint density at radius 3 is 3.00 bits per heavy atom. The fourth-order valence-corrected chi connectivity index (χ4v) is 3.72. The first kappa shape index (κ1) is 14.5. The number of thiazole rings is 1. The lowest BCUT2D eigenvalue weighted by Crippen LogP contribution is -2.53. The van der Waals surface area contributed by atoms with Gasteiger partial charge in [0.15, 0.2) is 4.96 Å². The lowest BCUT2D eigenvalue weighted by molar-refractivity contribution is -0.123. The van der Waals surface area contributed by atoms with Crippen LogP contribution in [0.5, 0.6) is 0 Å². The molecule has 114 valence electrons. The van der Waals surface area contributed by atoms with Crippen LogP contribution in [0, 0.1) is 5.92 Å². The summed E-state index contributed by atoms with van der Waals surface area (Å²) in [4.78, 5) is 17.6. The molecule has 1 amide bonds. The Balaban J connectivity index is 1.63. The molecule has 2 N–H and O–H groups in total. The predicted molar refractivity (Wildman–Crippen MR) is 82.4 cm³/mol. The van der Waals surface area contributed by atoms with Gasteiger partial charge in [-0.2, -0.15) is 0 Å². The van der Waals surface area contributed by atoms with Crippen molar-refractivity contribution in [1.82, 2.24) is 14.7 Å². The molecule has 1 aliphatic carbocycles. The van der Waals surface area contributed by atoms with Gasteiger partial charge >= 0.3 is 0 Å². The Bertz CT molecular complexity index is 597. The lowest BCUT2D eigenvalue weighted by atomic mass is 9.77. The first-order valence-corrected chi connectivity index (χ1v) is 8.31. The van der Waals surface area contributed by atoms with Crippen molar-refractivity contribution in [2.24, 2.45) is 5.92 Å². The predicted octanol–water partition coefficient (Wildman–Crippen LogP) is 2.00. The molecule has 2 heterocycles.